The maximum absolute atomic E-state index is 4.06. The van der Waals surface area contributed by atoms with Gasteiger partial charge in [0, 0.05) is 66.1 Å². The van der Waals surface area contributed by atoms with Crippen molar-refractivity contribution in [3.63, 3.8) is 0 Å². The van der Waals surface area contributed by atoms with Crippen LogP contribution in [0.5, 0.6) is 0 Å². The molecular formula is C63H56BN3S. The fraction of sp³-hybridized carbons (Fsp3) is 0.206. The Morgan fingerprint density at radius 3 is 2.06 bits per heavy atom. The molecule has 0 fully saturated rings. The van der Waals surface area contributed by atoms with E-state index in [4.69, 9.17) is 0 Å². The molecule has 9 aromatic rings. The number of para-hydroxylation sites is 2. The van der Waals surface area contributed by atoms with Crippen LogP contribution in [0, 0.1) is 6.92 Å². The Balaban J connectivity index is 1.15. The summed E-state index contributed by atoms with van der Waals surface area (Å²) in [4.78, 5) is 10.5. The van der Waals surface area contributed by atoms with E-state index in [2.05, 4.69) is 227 Å². The summed E-state index contributed by atoms with van der Waals surface area (Å²) in [5.41, 5.74) is 24.7. The van der Waals surface area contributed by atoms with Gasteiger partial charge in [-0.2, -0.15) is 0 Å². The molecule has 7 aromatic carbocycles. The number of aromatic nitrogens is 1. The highest BCUT2D eigenvalue weighted by molar-refractivity contribution is 7.25. The van der Waals surface area contributed by atoms with E-state index in [0.29, 0.717) is 0 Å². The summed E-state index contributed by atoms with van der Waals surface area (Å²) in [6, 6.07) is 55.1. The van der Waals surface area contributed by atoms with Gasteiger partial charge in [-0.3, -0.25) is 0 Å². The first-order valence-electron chi connectivity index (χ1n) is 24.6. The average Bonchev–Trinajstić information content (AvgIpc) is 3.90. The van der Waals surface area contributed by atoms with E-state index in [1.165, 1.54) is 116 Å². The molecule has 0 saturated carbocycles. The maximum atomic E-state index is 4.06. The third-order valence-electron chi connectivity index (χ3n) is 16.2. The van der Waals surface area contributed by atoms with Crippen LogP contribution in [0.2, 0.25) is 0 Å². The number of H-pyrrole nitrogens is 1. The molecule has 5 heteroatoms. The van der Waals surface area contributed by atoms with E-state index in [1.54, 1.807) is 0 Å². The number of aromatic amines is 1. The van der Waals surface area contributed by atoms with Gasteiger partial charge >= 0.3 is 0 Å². The quantitative estimate of drug-likeness (QED) is 0.174. The fourth-order valence-electron chi connectivity index (χ4n) is 12.6. The number of hydrogen-bond acceptors (Lipinski definition) is 3. The Morgan fingerprint density at radius 1 is 0.632 bits per heavy atom. The maximum Gasteiger partial charge on any atom is 0.198 e. The van der Waals surface area contributed by atoms with Crippen molar-refractivity contribution in [3.05, 3.63) is 202 Å². The van der Waals surface area contributed by atoms with Crippen LogP contribution in [-0.2, 0) is 16.2 Å². The van der Waals surface area contributed by atoms with Crippen molar-refractivity contribution in [2.45, 2.75) is 84.0 Å². The first-order chi connectivity index (χ1) is 32.9. The number of fused-ring (bicyclic) bond motifs is 12. The first-order valence-corrected chi connectivity index (χ1v) is 25.4. The standard InChI is InChI=1S/C63H56BN3S/c1-38-34-49-50(62(4,5)33-32-61(49,2)3)37-52(38)67-53-36-41(66(39-20-10-8-11-21-39)40-22-12-9-13-23-40)35-47(44-25-14-15-27-46-55-45-26-17-19-29-54(45)68-60(55)65-58(44)46)57(53)64-51-31-30-43-42-24-16-18-28-48(42)63(6,7)56(43)59(51)67/h8-13,15-31,34-37,64-65H,14,32-33H2,1-7H3. The third-order valence-corrected chi connectivity index (χ3v) is 17.3. The SMILES string of the molecule is Cc1cc2c(cc1N1c3cc(N(c4ccccc4)c4ccccc4)cc(C4=CCC=Cc5c4[nH]c4sc6ccccc6c54)c3Bc3ccc4c(c31)C(C)(C)c1ccccc1-4)C(C)(C)CCC2(C)C. The Hall–Kier alpha value is -6.82. The van der Waals surface area contributed by atoms with Gasteiger partial charge in [-0.1, -0.05) is 162 Å². The van der Waals surface area contributed by atoms with Gasteiger partial charge in [-0.25, -0.2) is 0 Å². The zero-order chi connectivity index (χ0) is 46.3. The van der Waals surface area contributed by atoms with Gasteiger partial charge in [-0.05, 0) is 136 Å². The lowest BCUT2D eigenvalue weighted by Gasteiger charge is -2.44. The van der Waals surface area contributed by atoms with Crippen LogP contribution in [0.3, 0.4) is 0 Å². The number of nitrogens with one attached hydrogen (secondary N) is 1. The number of aryl methyl sites for hydroxylation is 1. The minimum absolute atomic E-state index is 0.0343. The molecule has 0 amide bonds. The molecule has 3 nitrogen and oxygen atoms in total. The summed E-state index contributed by atoms with van der Waals surface area (Å²) in [7, 11) is 0.813. The second kappa shape index (κ2) is 14.8. The summed E-state index contributed by atoms with van der Waals surface area (Å²) < 4.78 is 1.32. The molecular weight excluding hydrogens is 842 g/mol. The van der Waals surface area contributed by atoms with E-state index >= 15 is 0 Å². The van der Waals surface area contributed by atoms with Crippen LogP contribution in [0.1, 0.15) is 105 Å². The molecule has 68 heavy (non-hydrogen) atoms. The number of allylic oxidation sites excluding steroid dienone is 2. The molecule has 332 valence electrons. The Labute approximate surface area is 405 Å². The summed E-state index contributed by atoms with van der Waals surface area (Å²) >= 11 is 1.86. The van der Waals surface area contributed by atoms with Crippen molar-refractivity contribution in [1.29, 1.82) is 0 Å². The molecule has 4 aliphatic rings. The van der Waals surface area contributed by atoms with E-state index in [0.717, 1.165) is 37.2 Å². The van der Waals surface area contributed by atoms with Crippen LogP contribution >= 0.6 is 11.3 Å². The second-order valence-corrected chi connectivity index (χ2v) is 22.7. The number of benzene rings is 7. The van der Waals surface area contributed by atoms with Gasteiger partial charge in [0.1, 0.15) is 4.83 Å². The van der Waals surface area contributed by atoms with Crippen molar-refractivity contribution in [2.24, 2.45) is 0 Å². The molecule has 0 bridgehead atoms. The van der Waals surface area contributed by atoms with Crippen molar-refractivity contribution in [2.75, 3.05) is 9.80 Å². The van der Waals surface area contributed by atoms with Crippen LogP contribution in [-0.4, -0.2) is 12.3 Å². The zero-order valence-corrected chi connectivity index (χ0v) is 41.0. The second-order valence-electron chi connectivity index (χ2n) is 21.6. The van der Waals surface area contributed by atoms with Gasteiger partial charge in [0.2, 0.25) is 0 Å². The Morgan fingerprint density at radius 2 is 1.31 bits per heavy atom. The number of thiophene rings is 1. The molecule has 13 rings (SSSR count). The number of anilines is 6. The van der Waals surface area contributed by atoms with Crippen LogP contribution in [0.4, 0.5) is 34.1 Å². The molecule has 0 unspecified atom stereocenters. The molecule has 2 aromatic heterocycles. The van der Waals surface area contributed by atoms with Crippen molar-refractivity contribution in [1.82, 2.24) is 4.98 Å². The molecule has 0 spiro atoms. The largest absolute Gasteiger partial charge is 0.346 e. The summed E-state index contributed by atoms with van der Waals surface area (Å²) in [5, 5.41) is 2.64. The van der Waals surface area contributed by atoms with E-state index in [9.17, 15) is 0 Å². The lowest BCUT2D eigenvalue weighted by molar-refractivity contribution is 0.332. The van der Waals surface area contributed by atoms with Gasteiger partial charge in [0.15, 0.2) is 7.28 Å². The highest BCUT2D eigenvalue weighted by Crippen LogP contribution is 2.57. The number of hydrogen-bond donors (Lipinski definition) is 1. The van der Waals surface area contributed by atoms with Gasteiger partial charge in [0.05, 0.1) is 5.69 Å². The van der Waals surface area contributed by atoms with Gasteiger partial charge in [0.25, 0.3) is 0 Å². The number of nitrogens with zero attached hydrogens (tertiary/aromatic N) is 2. The van der Waals surface area contributed by atoms with Gasteiger partial charge in [-0.15, -0.1) is 11.3 Å². The fourth-order valence-corrected chi connectivity index (χ4v) is 13.7. The zero-order valence-electron chi connectivity index (χ0n) is 40.2. The van der Waals surface area contributed by atoms with Crippen LogP contribution in [0.25, 0.3) is 43.1 Å². The van der Waals surface area contributed by atoms with Crippen LogP contribution < -0.4 is 20.7 Å². The lowest BCUT2D eigenvalue weighted by Crippen LogP contribution is -2.44. The number of rotatable bonds is 5. The molecule has 0 atom stereocenters. The minimum atomic E-state index is -0.222. The normalized spacial score (nSPS) is 16.8. The topological polar surface area (TPSA) is 22.3 Å². The molecule has 0 radical (unpaired) electrons. The molecule has 3 aliphatic carbocycles. The third kappa shape index (κ3) is 6.04. The molecule has 1 aliphatic heterocycles. The monoisotopic (exact) mass is 897 g/mol. The Kier molecular flexibility index (Phi) is 9.03. The average molecular weight is 898 g/mol. The lowest BCUT2D eigenvalue weighted by atomic mass is 9.56. The summed E-state index contributed by atoms with van der Waals surface area (Å²) in [6.07, 6.45) is 10.4. The smallest absolute Gasteiger partial charge is 0.198 e. The van der Waals surface area contributed by atoms with E-state index in [-0.39, 0.29) is 16.2 Å². The minimum Gasteiger partial charge on any atom is -0.346 e. The van der Waals surface area contributed by atoms with Crippen molar-refractivity contribution < 1.29 is 0 Å². The highest BCUT2D eigenvalue weighted by Gasteiger charge is 2.44. The predicted molar refractivity (Wildman–Crippen MR) is 294 cm³/mol. The Bertz CT molecular complexity index is 3580. The van der Waals surface area contributed by atoms with Gasteiger partial charge < -0.3 is 14.8 Å². The van der Waals surface area contributed by atoms with E-state index in [1.807, 2.05) is 11.3 Å². The first kappa shape index (κ1) is 41.4. The highest BCUT2D eigenvalue weighted by atomic mass is 32.1. The molecule has 1 N–H and O–H groups in total. The molecule has 0 saturated heterocycles. The summed E-state index contributed by atoms with van der Waals surface area (Å²) in [6.45, 7) is 17.1. The van der Waals surface area contributed by atoms with Crippen molar-refractivity contribution in [3.8, 4) is 11.1 Å². The predicted octanol–water partition coefficient (Wildman–Crippen LogP) is 15.8. The summed E-state index contributed by atoms with van der Waals surface area (Å²) in [5.74, 6) is 0. The van der Waals surface area contributed by atoms with Crippen LogP contribution in [0.15, 0.2) is 158 Å². The van der Waals surface area contributed by atoms with Crippen molar-refractivity contribution >= 4 is 95.6 Å². The molecule has 3 heterocycles. The van der Waals surface area contributed by atoms with E-state index < -0.39 is 0 Å².